The summed E-state index contributed by atoms with van der Waals surface area (Å²) in [6, 6.07) is 12.1. The topological polar surface area (TPSA) is 18.5 Å². The molecule has 1 heterocycles. The third kappa shape index (κ3) is 8.00. The molecule has 1 fully saturated rings. The van der Waals surface area contributed by atoms with Crippen LogP contribution in [0.1, 0.15) is 77.2 Å². The van der Waals surface area contributed by atoms with Gasteiger partial charge in [0.25, 0.3) is 0 Å². The molecule has 6 heteroatoms. The summed E-state index contributed by atoms with van der Waals surface area (Å²) in [6.45, 7) is 4.84. The Morgan fingerprint density at radius 1 is 0.732 bits per heavy atom. The van der Waals surface area contributed by atoms with Crippen LogP contribution in [-0.2, 0) is 4.74 Å². The van der Waals surface area contributed by atoms with Crippen molar-refractivity contribution in [3.8, 4) is 28.0 Å². The first-order chi connectivity index (χ1) is 19.9. The molecule has 0 spiro atoms. The van der Waals surface area contributed by atoms with E-state index in [0.717, 1.165) is 12.8 Å². The van der Waals surface area contributed by atoms with Gasteiger partial charge in [0.1, 0.15) is 0 Å². The maximum absolute atomic E-state index is 15.1. The highest BCUT2D eigenvalue weighted by molar-refractivity contribution is 5.72. The summed E-state index contributed by atoms with van der Waals surface area (Å²) in [6.07, 6.45) is 14.2. The Morgan fingerprint density at radius 3 is 2.00 bits per heavy atom. The Bertz CT molecular complexity index is 1290. The number of ether oxygens (including phenoxy) is 2. The summed E-state index contributed by atoms with van der Waals surface area (Å²) < 4.78 is 70.0. The van der Waals surface area contributed by atoms with Crippen LogP contribution in [-0.4, -0.2) is 19.3 Å². The lowest BCUT2D eigenvalue weighted by Gasteiger charge is -2.27. The van der Waals surface area contributed by atoms with Crippen LogP contribution in [0.15, 0.2) is 54.6 Å². The summed E-state index contributed by atoms with van der Waals surface area (Å²) in [5, 5.41) is 0. The smallest absolute Gasteiger partial charge is 0.201 e. The van der Waals surface area contributed by atoms with Gasteiger partial charge in [-0.1, -0.05) is 94.0 Å². The molecule has 4 rings (SSSR count). The highest BCUT2D eigenvalue weighted by Crippen LogP contribution is 2.33. The summed E-state index contributed by atoms with van der Waals surface area (Å²) in [7, 11) is 0. The number of hydrogen-bond acceptors (Lipinski definition) is 2. The molecule has 0 aromatic heterocycles. The van der Waals surface area contributed by atoms with Gasteiger partial charge >= 0.3 is 0 Å². The minimum atomic E-state index is -1.06. The molecule has 1 saturated heterocycles. The van der Waals surface area contributed by atoms with Crippen molar-refractivity contribution in [2.24, 2.45) is 5.92 Å². The van der Waals surface area contributed by atoms with Gasteiger partial charge in [0.15, 0.2) is 23.2 Å². The maximum atomic E-state index is 15.1. The Labute approximate surface area is 241 Å². The van der Waals surface area contributed by atoms with Crippen LogP contribution in [0.5, 0.6) is 5.75 Å². The van der Waals surface area contributed by atoms with Crippen LogP contribution >= 0.6 is 0 Å². The molecule has 220 valence electrons. The van der Waals surface area contributed by atoms with E-state index in [1.807, 2.05) is 6.08 Å². The highest BCUT2D eigenvalue weighted by atomic mass is 19.2. The van der Waals surface area contributed by atoms with E-state index in [1.165, 1.54) is 63.1 Å². The second-order valence-corrected chi connectivity index (χ2v) is 10.8. The first-order valence-electron chi connectivity index (χ1n) is 14.9. The number of halogens is 4. The van der Waals surface area contributed by atoms with Crippen molar-refractivity contribution in [1.82, 2.24) is 0 Å². The Hall–Kier alpha value is -3.12. The predicted molar refractivity (Wildman–Crippen MR) is 158 cm³/mol. The fourth-order valence-corrected chi connectivity index (χ4v) is 5.40. The average molecular weight is 569 g/mol. The molecule has 2 atom stereocenters. The minimum absolute atomic E-state index is 0.0586. The third-order valence-corrected chi connectivity index (χ3v) is 7.83. The van der Waals surface area contributed by atoms with Crippen LogP contribution in [0.4, 0.5) is 17.6 Å². The zero-order valence-corrected chi connectivity index (χ0v) is 24.0. The molecule has 0 radical (unpaired) electrons. The lowest BCUT2D eigenvalue weighted by atomic mass is 9.92. The van der Waals surface area contributed by atoms with Gasteiger partial charge < -0.3 is 9.47 Å². The fraction of sp³-hybridized carbons (Fsp3) is 0.429. The van der Waals surface area contributed by atoms with E-state index in [4.69, 9.17) is 9.47 Å². The Morgan fingerprint density at radius 2 is 1.37 bits per heavy atom. The van der Waals surface area contributed by atoms with Gasteiger partial charge in [-0.15, -0.1) is 0 Å². The van der Waals surface area contributed by atoms with Crippen LogP contribution < -0.4 is 4.74 Å². The molecule has 41 heavy (non-hydrogen) atoms. The number of hydrogen-bond donors (Lipinski definition) is 0. The van der Waals surface area contributed by atoms with Crippen molar-refractivity contribution in [2.75, 3.05) is 13.2 Å². The lowest BCUT2D eigenvalue weighted by Crippen LogP contribution is -2.24. The van der Waals surface area contributed by atoms with E-state index in [2.05, 4.69) is 6.92 Å². The monoisotopic (exact) mass is 568 g/mol. The minimum Gasteiger partial charge on any atom is -0.491 e. The van der Waals surface area contributed by atoms with E-state index in [0.29, 0.717) is 23.7 Å². The second-order valence-electron chi connectivity index (χ2n) is 10.8. The quantitative estimate of drug-likeness (QED) is 0.151. The van der Waals surface area contributed by atoms with Gasteiger partial charge in [-0.3, -0.25) is 0 Å². The van der Waals surface area contributed by atoms with E-state index in [1.54, 1.807) is 43.3 Å². The Balaban J connectivity index is 1.35. The fourth-order valence-electron chi connectivity index (χ4n) is 5.40. The van der Waals surface area contributed by atoms with Crippen LogP contribution in [0.3, 0.4) is 0 Å². The predicted octanol–water partition coefficient (Wildman–Crippen LogP) is 10.5. The van der Waals surface area contributed by atoms with Crippen LogP contribution in [0.25, 0.3) is 28.3 Å². The zero-order chi connectivity index (χ0) is 29.2. The van der Waals surface area contributed by atoms with Gasteiger partial charge in [0, 0.05) is 16.7 Å². The maximum Gasteiger partial charge on any atom is 0.201 e. The van der Waals surface area contributed by atoms with Gasteiger partial charge in [-0.2, -0.15) is 4.39 Å². The first-order valence-corrected chi connectivity index (χ1v) is 14.9. The SMILES string of the molecule is CCCCCCCCC1CCC(/C=C/c2ccc(-c3ccc(-c4ccc(OCC)c(F)c4F)cc3)c(F)c2F)OC1. The van der Waals surface area contributed by atoms with Gasteiger partial charge in [0.05, 0.1) is 19.3 Å². The van der Waals surface area contributed by atoms with E-state index in [9.17, 15) is 13.2 Å². The van der Waals surface area contributed by atoms with Crippen molar-refractivity contribution in [1.29, 1.82) is 0 Å². The van der Waals surface area contributed by atoms with Gasteiger partial charge in [-0.05, 0) is 55.4 Å². The number of unbranched alkanes of at least 4 members (excludes halogenated alkanes) is 5. The molecule has 0 N–H and O–H groups in total. The molecular formula is C35H40F4O2. The average Bonchev–Trinajstić information content (AvgIpc) is 2.99. The van der Waals surface area contributed by atoms with Crippen molar-refractivity contribution < 1.29 is 27.0 Å². The largest absolute Gasteiger partial charge is 0.491 e. The summed E-state index contributed by atoms with van der Waals surface area (Å²) >= 11 is 0. The van der Waals surface area contributed by atoms with Gasteiger partial charge in [0.2, 0.25) is 5.82 Å². The lowest BCUT2D eigenvalue weighted by molar-refractivity contribution is 0.00824. The molecular weight excluding hydrogens is 528 g/mol. The van der Waals surface area contributed by atoms with Gasteiger partial charge in [-0.25, -0.2) is 13.2 Å². The molecule has 3 aromatic rings. The molecule has 2 unspecified atom stereocenters. The van der Waals surface area contributed by atoms with Crippen molar-refractivity contribution in [2.45, 2.75) is 77.7 Å². The molecule has 0 bridgehead atoms. The molecule has 0 amide bonds. The highest BCUT2D eigenvalue weighted by Gasteiger charge is 2.21. The third-order valence-electron chi connectivity index (χ3n) is 7.83. The zero-order valence-electron chi connectivity index (χ0n) is 24.0. The molecule has 1 aliphatic rings. The molecule has 0 saturated carbocycles. The summed E-state index contributed by atoms with van der Waals surface area (Å²) in [5.41, 5.74) is 1.15. The first kappa shape index (κ1) is 30.8. The normalized spacial score (nSPS) is 17.3. The second kappa shape index (κ2) is 15.2. The van der Waals surface area contributed by atoms with Crippen molar-refractivity contribution >= 4 is 6.08 Å². The molecule has 0 aliphatic carbocycles. The molecule has 2 nitrogen and oxygen atoms in total. The van der Waals surface area contributed by atoms with Crippen molar-refractivity contribution in [3.63, 3.8) is 0 Å². The molecule has 3 aromatic carbocycles. The Kier molecular flexibility index (Phi) is 11.4. The number of rotatable bonds is 13. The van der Waals surface area contributed by atoms with E-state index in [-0.39, 0.29) is 35.2 Å². The van der Waals surface area contributed by atoms with Crippen LogP contribution in [0.2, 0.25) is 0 Å². The standard InChI is InChI=1S/C35H40F4O2/c1-3-5-6-7-8-9-10-24-11-18-28(41-23-24)19-16-27-17-20-29(33(37)32(27)36)25-12-14-26(15-13-25)30-21-22-31(40-4-2)35(39)34(30)38/h12-17,19-22,24,28H,3-11,18,23H2,1-2H3/b19-16+. The van der Waals surface area contributed by atoms with E-state index >= 15 is 4.39 Å². The number of benzene rings is 3. The van der Waals surface area contributed by atoms with E-state index < -0.39 is 23.3 Å². The van der Waals surface area contributed by atoms with Crippen molar-refractivity contribution in [3.05, 3.63) is 83.4 Å². The summed E-state index contributed by atoms with van der Waals surface area (Å²) in [4.78, 5) is 0. The summed E-state index contributed by atoms with van der Waals surface area (Å²) in [5.74, 6) is -3.54. The van der Waals surface area contributed by atoms with Crippen LogP contribution in [0, 0.1) is 29.2 Å². The molecule has 1 aliphatic heterocycles.